The van der Waals surface area contributed by atoms with Crippen LogP contribution in [0.2, 0.25) is 0 Å². The first-order valence-corrected chi connectivity index (χ1v) is 32.1. The summed E-state index contributed by atoms with van der Waals surface area (Å²) < 4.78 is 0. The van der Waals surface area contributed by atoms with Crippen LogP contribution in [0.3, 0.4) is 0 Å². The molecule has 20 N–H and O–H groups in total. The van der Waals surface area contributed by atoms with Crippen LogP contribution in [0, 0.1) is 22.0 Å². The van der Waals surface area contributed by atoms with Crippen molar-refractivity contribution >= 4 is 119 Å². The van der Waals surface area contributed by atoms with Crippen LogP contribution in [0.5, 0.6) is 5.75 Å². The van der Waals surface area contributed by atoms with Gasteiger partial charge in [0.05, 0.1) is 42.6 Å². The zero-order chi connectivity index (χ0) is 72.4. The Morgan fingerprint density at radius 3 is 1.67 bits per heavy atom. The molecule has 13 atom stereocenters. The molecule has 12 amide bonds. The number of para-hydroxylation sites is 1. The lowest BCUT2D eigenvalue weighted by atomic mass is 9.95. The van der Waals surface area contributed by atoms with Gasteiger partial charge in [0, 0.05) is 30.5 Å². The molecule has 0 spiro atoms. The normalized spacial score (nSPS) is 16.4. The van der Waals surface area contributed by atoms with Crippen molar-refractivity contribution < 1.29 is 103 Å². The molecule has 0 bridgehead atoms. The number of rotatable bonds is 39. The second kappa shape index (κ2) is 38.8. The van der Waals surface area contributed by atoms with Crippen LogP contribution >= 0.6 is 24.4 Å². The van der Waals surface area contributed by atoms with Crippen LogP contribution in [0.4, 0.5) is 11.4 Å². The smallest absolute Gasteiger partial charge is 0.310 e. The Balaban J connectivity index is 1.77. The molecule has 0 aliphatic carbocycles. The molecule has 0 aromatic heterocycles. The number of thiol groups is 1. The van der Waals surface area contributed by atoms with Gasteiger partial charge in [0.1, 0.15) is 66.5 Å². The van der Waals surface area contributed by atoms with Crippen LogP contribution < -0.4 is 64.6 Å². The summed E-state index contributed by atoms with van der Waals surface area (Å²) in [4.78, 5) is 199. The molecular formula is C58H84N14O22S2. The number of hydrogen-bond donors (Lipinski definition) is 19. The fourth-order valence-corrected chi connectivity index (χ4v) is 10.3. The summed E-state index contributed by atoms with van der Waals surface area (Å²) in [7, 11) is 0. The van der Waals surface area contributed by atoms with Crippen LogP contribution in [-0.4, -0.2) is 233 Å². The topological polar surface area (TPSA) is 579 Å². The van der Waals surface area contributed by atoms with Gasteiger partial charge in [0.2, 0.25) is 65.0 Å². The number of hydrogen-bond acceptors (Lipinski definition) is 23. The van der Waals surface area contributed by atoms with E-state index in [1.165, 1.54) is 42.1 Å². The number of carbonyl (C=O) groups is 14. The predicted octanol–water partition coefficient (Wildman–Crippen LogP) is -5.24. The number of nitrogens with one attached hydrogen (secondary N) is 10. The van der Waals surface area contributed by atoms with Gasteiger partial charge >= 0.3 is 17.6 Å². The van der Waals surface area contributed by atoms with Crippen molar-refractivity contribution in [2.75, 3.05) is 43.3 Å². The second-order valence-corrected chi connectivity index (χ2v) is 24.1. The highest BCUT2D eigenvalue weighted by Gasteiger charge is 2.42. The van der Waals surface area contributed by atoms with E-state index in [0.29, 0.717) is 0 Å². The summed E-state index contributed by atoms with van der Waals surface area (Å²) in [5.41, 5.74) is 10.3. The molecule has 1 aliphatic heterocycles. The molecule has 0 saturated carbocycles. The minimum absolute atomic E-state index is 0.0162. The van der Waals surface area contributed by atoms with Crippen LogP contribution in [-0.2, 0) is 68.7 Å². The fraction of sp³-hybridized carbons (Fsp3) is 0.552. The minimum Gasteiger partial charge on any atom is -0.502 e. The predicted molar refractivity (Wildman–Crippen MR) is 343 cm³/mol. The Labute approximate surface area is 559 Å². The fourth-order valence-electron chi connectivity index (χ4n) is 9.59. The van der Waals surface area contributed by atoms with E-state index in [0.717, 1.165) is 24.0 Å². The van der Waals surface area contributed by atoms with Gasteiger partial charge in [-0.1, -0.05) is 52.3 Å². The molecule has 0 radical (unpaired) electrons. The zero-order valence-corrected chi connectivity index (χ0v) is 54.9. The molecule has 2 aromatic carbocycles. The molecule has 13 unspecified atom stereocenters. The Morgan fingerprint density at radius 1 is 0.667 bits per heavy atom. The van der Waals surface area contributed by atoms with Crippen LogP contribution in [0.1, 0.15) is 89.1 Å². The molecule has 3 rings (SSSR count). The molecular weight excluding hydrogens is 1310 g/mol. The highest BCUT2D eigenvalue weighted by atomic mass is 32.2. The minimum atomic E-state index is -1.95. The number of anilines is 1. The van der Waals surface area contributed by atoms with E-state index in [1.807, 2.05) is 0 Å². The van der Waals surface area contributed by atoms with Crippen molar-refractivity contribution in [3.05, 3.63) is 63.7 Å². The van der Waals surface area contributed by atoms with E-state index in [1.54, 1.807) is 34.0 Å². The number of aliphatic carboxylic acids is 2. The number of amides is 12. The molecule has 38 heteroatoms. The maximum Gasteiger partial charge on any atom is 0.310 e. The summed E-state index contributed by atoms with van der Waals surface area (Å²) in [6.45, 7) is 5.17. The van der Waals surface area contributed by atoms with E-state index in [9.17, 15) is 108 Å². The zero-order valence-electron chi connectivity index (χ0n) is 53.2. The largest absolute Gasteiger partial charge is 0.502 e. The van der Waals surface area contributed by atoms with Gasteiger partial charge in [-0.25, -0.2) is 0 Å². The first-order valence-electron chi connectivity index (χ1n) is 30.0. The number of aromatic hydroxyl groups is 1. The van der Waals surface area contributed by atoms with Crippen molar-refractivity contribution in [3.63, 3.8) is 0 Å². The highest BCUT2D eigenvalue weighted by Crippen LogP contribution is 2.27. The monoisotopic (exact) mass is 1390 g/mol. The molecule has 1 aliphatic rings. The number of nitrogen functional groups attached to an aromatic ring is 1. The van der Waals surface area contributed by atoms with E-state index in [2.05, 4.69) is 65.8 Å². The standard InChI is InChI=1S/C58H84N14O22S2/c1-7-27(4)45(69-52(86)35(22-43(79)80)64-50(84)34(21-42(77)78)62-48(82)30-11-8-9-12-31(30)59)57(91)68-44(26(2)3)58(92)71-17-10-13-39(71)56(90)67-38(25-95)55(89)66-36(23-73)53(87)61-32(16-18-96-6)49(83)65-37(24-74)54(88)63-33(51(85)70-46(28(5)75)47(60)81)19-29-14-15-41(76)40(20-29)72(93)94/h8-9,11-12,14-15,20,26-28,32-39,44-46,73-76,95H,7,10,13,16-19,21-25,59H2,1-6H3,(H2,60,81)(H,61,87)(H,62,82)(H,63,88)(H,64,84)(H,65,83)(H,66,89)(H,67,90)(H,68,91)(H,69,86)(H,70,85)(H,77,78)(H,79,80). The van der Waals surface area contributed by atoms with E-state index in [-0.39, 0.29) is 54.8 Å². The van der Waals surface area contributed by atoms with Crippen LogP contribution in [0.25, 0.3) is 0 Å². The van der Waals surface area contributed by atoms with Crippen LogP contribution in [0.15, 0.2) is 42.5 Å². The molecule has 1 heterocycles. The lowest BCUT2D eigenvalue weighted by Crippen LogP contribution is -2.62. The molecule has 2 aromatic rings. The summed E-state index contributed by atoms with van der Waals surface area (Å²) in [5.74, 6) is -18.6. The number of aliphatic hydroxyl groups is 3. The number of carboxylic acid groups (broad SMARTS) is 2. The van der Waals surface area contributed by atoms with E-state index < -0.39 is 222 Å². The lowest BCUT2D eigenvalue weighted by Gasteiger charge is -2.33. The summed E-state index contributed by atoms with van der Waals surface area (Å²) in [6, 6.07) is -9.68. The van der Waals surface area contributed by atoms with Crippen molar-refractivity contribution in [2.24, 2.45) is 17.6 Å². The van der Waals surface area contributed by atoms with E-state index >= 15 is 0 Å². The Kier molecular flexibility index (Phi) is 32.7. The molecule has 36 nitrogen and oxygen atoms in total. The number of carbonyl (C=O) groups excluding carboxylic acids is 12. The summed E-state index contributed by atoms with van der Waals surface area (Å²) in [5, 5.41) is 94.7. The third-order valence-corrected chi connectivity index (χ3v) is 16.2. The van der Waals surface area contributed by atoms with Gasteiger partial charge in [0.25, 0.3) is 5.91 Å². The molecule has 1 fully saturated rings. The number of primary amides is 1. The number of nitrogens with two attached hydrogens (primary N) is 2. The number of nitro benzene ring substituents is 1. The first-order chi connectivity index (χ1) is 45.1. The van der Waals surface area contributed by atoms with Crippen molar-refractivity contribution in [1.82, 2.24) is 58.1 Å². The number of nitrogens with zero attached hydrogens (tertiary/aromatic N) is 2. The molecule has 96 heavy (non-hydrogen) atoms. The third-order valence-electron chi connectivity index (χ3n) is 15.2. The Morgan fingerprint density at radius 2 is 1.16 bits per heavy atom. The summed E-state index contributed by atoms with van der Waals surface area (Å²) in [6.07, 6.45) is -2.24. The van der Waals surface area contributed by atoms with Gasteiger partial charge in [0.15, 0.2) is 5.75 Å². The van der Waals surface area contributed by atoms with Gasteiger partial charge < -0.3 is 100 Å². The number of phenols is 1. The molecule has 1 saturated heterocycles. The number of benzene rings is 2. The van der Waals surface area contributed by atoms with Gasteiger partial charge in [-0.15, -0.1) is 0 Å². The average molecular weight is 1390 g/mol. The van der Waals surface area contributed by atoms with Crippen molar-refractivity contribution in [3.8, 4) is 5.75 Å². The number of thioether (sulfide) groups is 1. The van der Waals surface area contributed by atoms with Gasteiger partial charge in [-0.05, 0) is 73.8 Å². The Hall–Kier alpha value is -9.40. The number of carboxylic acids is 2. The number of aliphatic hydroxyl groups excluding tert-OH is 3. The quantitative estimate of drug-likeness (QED) is 0.0129. The number of likely N-dealkylation sites (tertiary alicyclic amines) is 1. The number of phenolic OH excluding ortho intramolecular Hbond substituents is 1. The lowest BCUT2D eigenvalue weighted by molar-refractivity contribution is -0.385. The third kappa shape index (κ3) is 24.1. The number of nitro groups is 1. The maximum atomic E-state index is 14.5. The SMILES string of the molecule is CCC(C)C(NC(=O)C(CC(=O)O)NC(=O)C(CC(=O)O)NC(=O)c1ccccc1N)C(=O)NC(C(=O)N1CCCC1C(=O)NC(CS)C(=O)NC(CO)C(=O)NC(CCSC)C(=O)NC(CO)C(=O)NC(Cc1ccc(O)c([N+](=O)[O-])c1)C(=O)NC(C(N)=O)C(C)O)C(C)C. The maximum absolute atomic E-state index is 14.5. The van der Waals surface area contributed by atoms with Crippen molar-refractivity contribution in [2.45, 2.75) is 152 Å². The highest BCUT2D eigenvalue weighted by molar-refractivity contribution is 7.98. The van der Waals surface area contributed by atoms with Crippen molar-refractivity contribution in [1.29, 1.82) is 0 Å². The first kappa shape index (κ1) is 80.8. The van der Waals surface area contributed by atoms with E-state index in [4.69, 9.17) is 11.5 Å². The van der Waals surface area contributed by atoms with Gasteiger partial charge in [-0.2, -0.15) is 24.4 Å². The van der Waals surface area contributed by atoms with Gasteiger partial charge in [-0.3, -0.25) is 77.2 Å². The second-order valence-electron chi connectivity index (χ2n) is 22.7. The average Bonchev–Trinajstić information content (AvgIpc) is 1.13. The summed E-state index contributed by atoms with van der Waals surface area (Å²) >= 11 is 5.41. The molecule has 530 valence electrons. The Bertz CT molecular complexity index is 3180.